The number of hydrogen-bond donors (Lipinski definition) is 0. The third-order valence-corrected chi connectivity index (χ3v) is 4.86. The van der Waals surface area contributed by atoms with Gasteiger partial charge in [-0.25, -0.2) is 4.79 Å². The molecule has 0 unspecified atom stereocenters. The molecule has 0 spiro atoms. The van der Waals surface area contributed by atoms with Crippen molar-refractivity contribution in [3.63, 3.8) is 0 Å². The number of rotatable bonds is 6. The predicted molar refractivity (Wildman–Crippen MR) is 92.3 cm³/mol. The van der Waals surface area contributed by atoms with Crippen LogP contribution >= 0.6 is 0 Å². The van der Waals surface area contributed by atoms with Gasteiger partial charge in [-0.1, -0.05) is 26.8 Å². The molecule has 0 radical (unpaired) electrons. The Bertz CT molecular complexity index is 595. The lowest BCUT2D eigenvalue weighted by Gasteiger charge is -2.31. The molecular weight excluding hydrogens is 290 g/mol. The largest absolute Gasteiger partial charge is 0.467 e. The number of hydrogen-bond acceptors (Lipinski definition) is 4. The first-order valence-electron chi connectivity index (χ1n) is 8.60. The Morgan fingerprint density at radius 1 is 1.26 bits per heavy atom. The van der Waals surface area contributed by atoms with E-state index in [0.29, 0.717) is 0 Å². The molecule has 1 atom stereocenters. The van der Waals surface area contributed by atoms with Crippen molar-refractivity contribution in [2.75, 3.05) is 18.6 Å². The second kappa shape index (κ2) is 7.62. The van der Waals surface area contributed by atoms with Crippen LogP contribution in [0.4, 0.5) is 5.69 Å². The van der Waals surface area contributed by atoms with Crippen LogP contribution in [0.15, 0.2) is 6.07 Å². The van der Waals surface area contributed by atoms with Crippen molar-refractivity contribution in [1.82, 2.24) is 0 Å². The van der Waals surface area contributed by atoms with E-state index in [9.17, 15) is 9.59 Å². The molecule has 1 aliphatic rings. The van der Waals surface area contributed by atoms with E-state index >= 15 is 0 Å². The Hall–Kier alpha value is -1.84. The maximum absolute atomic E-state index is 12.1. The van der Waals surface area contributed by atoms with Crippen molar-refractivity contribution >= 4 is 17.9 Å². The third kappa shape index (κ3) is 3.12. The standard InChI is InChI=1S/C19H27NO3/c1-5-13-11-14(6-2)18(15(7-3)16(13)12-21)20-10-8-9-17(20)19(22)23-4/h11-12,17H,5-10H2,1-4H3/t17-/m0/s1. The maximum atomic E-state index is 12.1. The van der Waals surface area contributed by atoms with E-state index < -0.39 is 0 Å². The van der Waals surface area contributed by atoms with Crippen molar-refractivity contribution in [3.8, 4) is 0 Å². The number of esters is 1. The van der Waals surface area contributed by atoms with Crippen molar-refractivity contribution in [3.05, 3.63) is 28.3 Å². The van der Waals surface area contributed by atoms with Crippen molar-refractivity contribution in [2.45, 2.75) is 58.9 Å². The summed E-state index contributed by atoms with van der Waals surface area (Å²) >= 11 is 0. The second-order valence-electron chi connectivity index (χ2n) is 5.99. The summed E-state index contributed by atoms with van der Waals surface area (Å²) in [4.78, 5) is 26.0. The fourth-order valence-corrected chi connectivity index (χ4v) is 3.71. The molecule has 23 heavy (non-hydrogen) atoms. The van der Waals surface area contributed by atoms with Crippen LogP contribution in [0.5, 0.6) is 0 Å². The van der Waals surface area contributed by atoms with E-state index in [1.54, 1.807) is 0 Å². The Labute approximate surface area is 138 Å². The average Bonchev–Trinajstić information content (AvgIpc) is 3.07. The normalized spacial score (nSPS) is 17.4. The van der Waals surface area contributed by atoms with Crippen LogP contribution in [-0.2, 0) is 28.8 Å². The summed E-state index contributed by atoms with van der Waals surface area (Å²) in [6, 6.07) is 1.91. The summed E-state index contributed by atoms with van der Waals surface area (Å²) in [6.45, 7) is 7.12. The van der Waals surface area contributed by atoms with Crippen molar-refractivity contribution < 1.29 is 14.3 Å². The van der Waals surface area contributed by atoms with E-state index in [0.717, 1.165) is 67.3 Å². The lowest BCUT2D eigenvalue weighted by molar-refractivity contribution is -0.141. The minimum Gasteiger partial charge on any atom is -0.467 e. The molecule has 2 rings (SSSR count). The first-order chi connectivity index (χ1) is 11.1. The second-order valence-corrected chi connectivity index (χ2v) is 5.99. The van der Waals surface area contributed by atoms with Gasteiger partial charge >= 0.3 is 5.97 Å². The number of carbonyl (C=O) groups is 2. The number of benzene rings is 1. The van der Waals surface area contributed by atoms with E-state index in [1.165, 1.54) is 12.7 Å². The summed E-state index contributed by atoms with van der Waals surface area (Å²) < 4.78 is 4.98. The Morgan fingerprint density at radius 2 is 1.96 bits per heavy atom. The van der Waals surface area contributed by atoms with Crippen LogP contribution < -0.4 is 4.90 Å². The van der Waals surface area contributed by atoms with Crippen LogP contribution in [0.25, 0.3) is 0 Å². The fourth-order valence-electron chi connectivity index (χ4n) is 3.71. The molecule has 0 aliphatic carbocycles. The van der Waals surface area contributed by atoms with Gasteiger partial charge in [-0.3, -0.25) is 4.79 Å². The summed E-state index contributed by atoms with van der Waals surface area (Å²) in [5.41, 5.74) is 5.29. The number of ether oxygens (including phenoxy) is 1. The topological polar surface area (TPSA) is 46.6 Å². The van der Waals surface area contributed by atoms with Crippen LogP contribution in [0.3, 0.4) is 0 Å². The smallest absolute Gasteiger partial charge is 0.328 e. The zero-order valence-electron chi connectivity index (χ0n) is 14.6. The van der Waals surface area contributed by atoms with Crippen molar-refractivity contribution in [1.29, 1.82) is 0 Å². The Balaban J connectivity index is 2.64. The lowest BCUT2D eigenvalue weighted by Crippen LogP contribution is -2.38. The average molecular weight is 317 g/mol. The van der Waals surface area contributed by atoms with E-state index in [1.807, 2.05) is 0 Å². The molecule has 0 bridgehead atoms. The first-order valence-corrected chi connectivity index (χ1v) is 8.60. The molecule has 0 saturated carbocycles. The van der Waals surface area contributed by atoms with Gasteiger partial charge in [0.2, 0.25) is 0 Å². The van der Waals surface area contributed by atoms with Crippen LogP contribution in [-0.4, -0.2) is 32.0 Å². The molecular formula is C19H27NO3. The van der Waals surface area contributed by atoms with E-state index in [2.05, 4.69) is 31.7 Å². The van der Waals surface area contributed by atoms with Crippen LogP contribution in [0, 0.1) is 0 Å². The highest BCUT2D eigenvalue weighted by Crippen LogP contribution is 2.36. The Morgan fingerprint density at radius 3 is 2.48 bits per heavy atom. The molecule has 126 valence electrons. The lowest BCUT2D eigenvalue weighted by atomic mass is 9.91. The monoisotopic (exact) mass is 317 g/mol. The molecule has 0 amide bonds. The number of nitrogens with zero attached hydrogens (tertiary/aromatic N) is 1. The molecule has 1 aliphatic heterocycles. The van der Waals surface area contributed by atoms with Gasteiger partial charge in [0.05, 0.1) is 7.11 Å². The maximum Gasteiger partial charge on any atom is 0.328 e. The fraction of sp³-hybridized carbons (Fsp3) is 0.579. The number of carbonyl (C=O) groups excluding carboxylic acids is 2. The first kappa shape index (κ1) is 17.5. The SMILES string of the molecule is CCc1cc(CC)c(N2CCC[C@H]2C(=O)OC)c(CC)c1C=O. The van der Waals surface area contributed by atoms with Gasteiger partial charge in [0, 0.05) is 17.8 Å². The zero-order valence-corrected chi connectivity index (χ0v) is 14.6. The summed E-state index contributed by atoms with van der Waals surface area (Å²) in [7, 11) is 1.44. The summed E-state index contributed by atoms with van der Waals surface area (Å²) in [5.74, 6) is -0.182. The van der Waals surface area contributed by atoms with E-state index in [4.69, 9.17) is 4.74 Å². The zero-order chi connectivity index (χ0) is 17.0. The quantitative estimate of drug-likeness (QED) is 0.596. The Kier molecular flexibility index (Phi) is 5.80. The van der Waals surface area contributed by atoms with Crippen LogP contribution in [0.2, 0.25) is 0 Å². The minimum absolute atomic E-state index is 0.182. The third-order valence-electron chi connectivity index (χ3n) is 4.86. The molecule has 1 heterocycles. The highest BCUT2D eigenvalue weighted by molar-refractivity contribution is 5.87. The predicted octanol–water partition coefficient (Wildman–Crippen LogP) is 3.33. The molecule has 1 fully saturated rings. The van der Waals surface area contributed by atoms with Gasteiger partial charge in [-0.05, 0) is 48.8 Å². The van der Waals surface area contributed by atoms with Gasteiger partial charge in [0.1, 0.15) is 6.04 Å². The number of aryl methyl sites for hydroxylation is 2. The van der Waals surface area contributed by atoms with E-state index in [-0.39, 0.29) is 12.0 Å². The van der Waals surface area contributed by atoms with Gasteiger partial charge < -0.3 is 9.64 Å². The number of methoxy groups -OCH3 is 1. The molecule has 0 aromatic heterocycles. The molecule has 4 heteroatoms. The molecule has 4 nitrogen and oxygen atoms in total. The molecule has 1 saturated heterocycles. The summed E-state index contributed by atoms with van der Waals surface area (Å²) in [6.07, 6.45) is 5.27. The number of aldehydes is 1. The number of anilines is 1. The molecule has 1 aromatic rings. The molecule has 1 aromatic carbocycles. The van der Waals surface area contributed by atoms with Gasteiger partial charge in [-0.2, -0.15) is 0 Å². The minimum atomic E-state index is -0.234. The summed E-state index contributed by atoms with van der Waals surface area (Å²) in [5, 5.41) is 0. The van der Waals surface area contributed by atoms with Gasteiger partial charge in [-0.15, -0.1) is 0 Å². The van der Waals surface area contributed by atoms with Crippen molar-refractivity contribution in [2.24, 2.45) is 0 Å². The highest BCUT2D eigenvalue weighted by Gasteiger charge is 2.34. The van der Waals surface area contributed by atoms with Gasteiger partial charge in [0.15, 0.2) is 6.29 Å². The molecule has 0 N–H and O–H groups in total. The highest BCUT2D eigenvalue weighted by atomic mass is 16.5. The van der Waals surface area contributed by atoms with Gasteiger partial charge in [0.25, 0.3) is 0 Å². The van der Waals surface area contributed by atoms with Crippen LogP contribution in [0.1, 0.15) is 60.7 Å².